The Balaban J connectivity index is 1.99. The lowest BCUT2D eigenvalue weighted by molar-refractivity contribution is 0.353. The van der Waals surface area contributed by atoms with E-state index >= 15 is 0 Å². The van der Waals surface area contributed by atoms with Crippen molar-refractivity contribution in [2.45, 2.75) is 44.4 Å². The van der Waals surface area contributed by atoms with Gasteiger partial charge >= 0.3 is 0 Å². The van der Waals surface area contributed by atoms with Crippen LogP contribution in [0.5, 0.6) is 5.75 Å². The van der Waals surface area contributed by atoms with E-state index in [9.17, 15) is 0 Å². The SMILES string of the molecule is CCC(C)SCC(N)Cc1cc(Cl)cc2c1OCC2. The third-order valence-corrected chi connectivity index (χ3v) is 5.22. The molecule has 1 aliphatic heterocycles. The number of benzene rings is 1. The number of nitrogens with two attached hydrogens (primary N) is 1. The molecule has 0 spiro atoms. The van der Waals surface area contributed by atoms with Crippen LogP contribution in [0.25, 0.3) is 0 Å². The maximum atomic E-state index is 6.23. The van der Waals surface area contributed by atoms with Crippen LogP contribution in [0.15, 0.2) is 12.1 Å². The molecule has 0 aliphatic carbocycles. The smallest absolute Gasteiger partial charge is 0.125 e. The Labute approximate surface area is 125 Å². The van der Waals surface area contributed by atoms with Gasteiger partial charge in [0.2, 0.25) is 0 Å². The minimum atomic E-state index is 0.158. The second kappa shape index (κ2) is 6.87. The molecule has 2 nitrogen and oxygen atoms in total. The molecule has 0 aromatic heterocycles. The number of hydrogen-bond donors (Lipinski definition) is 1. The van der Waals surface area contributed by atoms with E-state index in [2.05, 4.69) is 13.8 Å². The van der Waals surface area contributed by atoms with Crippen molar-refractivity contribution < 1.29 is 4.74 Å². The average Bonchev–Trinajstić information content (AvgIpc) is 2.84. The Kier molecular flexibility index (Phi) is 5.43. The van der Waals surface area contributed by atoms with Crippen molar-refractivity contribution in [3.8, 4) is 5.75 Å². The molecule has 0 radical (unpaired) electrons. The normalized spacial score (nSPS) is 16.8. The molecular weight excluding hydrogens is 278 g/mol. The molecule has 2 N–H and O–H groups in total. The fourth-order valence-corrected chi connectivity index (χ4v) is 3.44. The van der Waals surface area contributed by atoms with Gasteiger partial charge in [0, 0.05) is 28.5 Å². The lowest BCUT2D eigenvalue weighted by Crippen LogP contribution is -2.26. The largest absolute Gasteiger partial charge is 0.493 e. The van der Waals surface area contributed by atoms with Crippen LogP contribution in [0.3, 0.4) is 0 Å². The maximum Gasteiger partial charge on any atom is 0.125 e. The second-order valence-electron chi connectivity index (χ2n) is 5.17. The van der Waals surface area contributed by atoms with E-state index in [4.69, 9.17) is 22.1 Å². The topological polar surface area (TPSA) is 35.2 Å². The van der Waals surface area contributed by atoms with Crippen LogP contribution < -0.4 is 10.5 Å². The zero-order chi connectivity index (χ0) is 13.8. The first-order valence-electron chi connectivity index (χ1n) is 6.91. The van der Waals surface area contributed by atoms with Crippen molar-refractivity contribution in [3.05, 3.63) is 28.3 Å². The molecule has 4 heteroatoms. The molecule has 1 aromatic carbocycles. The molecule has 0 fully saturated rings. The van der Waals surface area contributed by atoms with Crippen LogP contribution in [0.2, 0.25) is 5.02 Å². The molecule has 2 atom stereocenters. The zero-order valence-corrected chi connectivity index (χ0v) is 13.2. The van der Waals surface area contributed by atoms with Gasteiger partial charge in [-0.1, -0.05) is 25.4 Å². The van der Waals surface area contributed by atoms with Gasteiger partial charge in [-0.2, -0.15) is 11.8 Å². The van der Waals surface area contributed by atoms with Crippen molar-refractivity contribution in [1.82, 2.24) is 0 Å². The van der Waals surface area contributed by atoms with E-state index in [0.717, 1.165) is 41.5 Å². The van der Waals surface area contributed by atoms with Crippen LogP contribution in [-0.2, 0) is 12.8 Å². The molecule has 0 saturated heterocycles. The molecule has 106 valence electrons. The lowest BCUT2D eigenvalue weighted by atomic mass is 10.0. The predicted octanol–water partition coefficient (Wildman–Crippen LogP) is 3.68. The Bertz CT molecular complexity index is 438. The summed E-state index contributed by atoms with van der Waals surface area (Å²) in [6, 6.07) is 4.16. The molecule has 0 bridgehead atoms. The molecule has 0 amide bonds. The second-order valence-corrected chi connectivity index (χ2v) is 7.08. The van der Waals surface area contributed by atoms with Gasteiger partial charge in [-0.05, 0) is 36.1 Å². The van der Waals surface area contributed by atoms with Gasteiger partial charge in [-0.3, -0.25) is 0 Å². The highest BCUT2D eigenvalue weighted by Crippen LogP contribution is 2.33. The number of ether oxygens (including phenoxy) is 1. The number of rotatable bonds is 6. The third kappa shape index (κ3) is 4.04. The minimum Gasteiger partial charge on any atom is -0.493 e. The molecule has 2 unspecified atom stereocenters. The third-order valence-electron chi connectivity index (χ3n) is 3.48. The van der Waals surface area contributed by atoms with Crippen LogP contribution in [0.4, 0.5) is 0 Å². The Morgan fingerprint density at radius 1 is 1.47 bits per heavy atom. The van der Waals surface area contributed by atoms with E-state index in [1.807, 2.05) is 23.9 Å². The first-order chi connectivity index (χ1) is 9.10. The van der Waals surface area contributed by atoms with Crippen molar-refractivity contribution in [1.29, 1.82) is 0 Å². The fraction of sp³-hybridized carbons (Fsp3) is 0.600. The van der Waals surface area contributed by atoms with Gasteiger partial charge in [-0.15, -0.1) is 0 Å². The van der Waals surface area contributed by atoms with Crippen LogP contribution in [0, 0.1) is 0 Å². The molecule has 19 heavy (non-hydrogen) atoms. The summed E-state index contributed by atoms with van der Waals surface area (Å²) in [5.41, 5.74) is 8.62. The average molecular weight is 300 g/mol. The van der Waals surface area contributed by atoms with Gasteiger partial charge < -0.3 is 10.5 Å². The molecule has 0 saturated carbocycles. The first-order valence-corrected chi connectivity index (χ1v) is 8.34. The molecule has 1 aromatic rings. The minimum absolute atomic E-state index is 0.158. The van der Waals surface area contributed by atoms with Crippen LogP contribution in [-0.4, -0.2) is 23.7 Å². The number of hydrogen-bond acceptors (Lipinski definition) is 3. The maximum absolute atomic E-state index is 6.23. The summed E-state index contributed by atoms with van der Waals surface area (Å²) in [6.07, 6.45) is 2.99. The van der Waals surface area contributed by atoms with Gasteiger partial charge in [-0.25, -0.2) is 0 Å². The zero-order valence-electron chi connectivity index (χ0n) is 11.6. The van der Waals surface area contributed by atoms with Crippen molar-refractivity contribution in [3.63, 3.8) is 0 Å². The van der Waals surface area contributed by atoms with E-state index in [0.29, 0.717) is 5.25 Å². The summed E-state index contributed by atoms with van der Waals surface area (Å²) < 4.78 is 5.71. The van der Waals surface area contributed by atoms with E-state index in [1.165, 1.54) is 12.0 Å². The van der Waals surface area contributed by atoms with Crippen molar-refractivity contribution >= 4 is 23.4 Å². The van der Waals surface area contributed by atoms with Gasteiger partial charge in [0.1, 0.15) is 5.75 Å². The monoisotopic (exact) mass is 299 g/mol. The summed E-state index contributed by atoms with van der Waals surface area (Å²) in [6.45, 7) is 5.22. The molecule has 1 heterocycles. The van der Waals surface area contributed by atoms with Crippen molar-refractivity contribution in [2.75, 3.05) is 12.4 Å². The summed E-state index contributed by atoms with van der Waals surface area (Å²) in [7, 11) is 0. The quantitative estimate of drug-likeness (QED) is 0.870. The van der Waals surface area contributed by atoms with E-state index < -0.39 is 0 Å². The van der Waals surface area contributed by atoms with Gasteiger partial charge in [0.25, 0.3) is 0 Å². The van der Waals surface area contributed by atoms with Gasteiger partial charge in [0.15, 0.2) is 0 Å². The van der Waals surface area contributed by atoms with Crippen molar-refractivity contribution in [2.24, 2.45) is 5.73 Å². The summed E-state index contributed by atoms with van der Waals surface area (Å²) in [5.74, 6) is 2.00. The van der Waals surface area contributed by atoms with E-state index in [-0.39, 0.29) is 6.04 Å². The number of fused-ring (bicyclic) bond motifs is 1. The molecular formula is C15H22ClNOS. The summed E-state index contributed by atoms with van der Waals surface area (Å²) >= 11 is 8.10. The number of halogens is 1. The summed E-state index contributed by atoms with van der Waals surface area (Å²) in [4.78, 5) is 0. The fourth-order valence-electron chi connectivity index (χ4n) is 2.24. The van der Waals surface area contributed by atoms with Gasteiger partial charge in [0.05, 0.1) is 6.61 Å². The Morgan fingerprint density at radius 2 is 2.26 bits per heavy atom. The Hall–Kier alpha value is -0.380. The van der Waals surface area contributed by atoms with E-state index in [1.54, 1.807) is 0 Å². The Morgan fingerprint density at radius 3 is 3.00 bits per heavy atom. The van der Waals surface area contributed by atoms with Crippen LogP contribution in [0.1, 0.15) is 31.4 Å². The highest BCUT2D eigenvalue weighted by atomic mass is 35.5. The standard InChI is InChI=1S/C15H22ClNOS/c1-3-10(2)19-9-14(17)8-12-7-13(16)6-11-4-5-18-15(11)12/h6-7,10,14H,3-5,8-9,17H2,1-2H3. The van der Waals surface area contributed by atoms with Crippen LogP contribution >= 0.6 is 23.4 Å². The highest BCUT2D eigenvalue weighted by Gasteiger charge is 2.19. The number of thioether (sulfide) groups is 1. The first kappa shape index (κ1) is 15.0. The predicted molar refractivity (Wildman–Crippen MR) is 84.5 cm³/mol. The molecule has 1 aliphatic rings. The highest BCUT2D eigenvalue weighted by molar-refractivity contribution is 7.99. The molecule has 2 rings (SSSR count). The lowest BCUT2D eigenvalue weighted by Gasteiger charge is -2.16. The summed E-state index contributed by atoms with van der Waals surface area (Å²) in [5, 5.41) is 1.47.